The number of hydrogen-bond acceptors (Lipinski definition) is 6. The first-order valence-corrected chi connectivity index (χ1v) is 6.66. The maximum atomic E-state index is 11.8. The molecule has 0 spiro atoms. The van der Waals surface area contributed by atoms with E-state index in [9.17, 15) is 19.8 Å². The zero-order chi connectivity index (χ0) is 14.9. The van der Waals surface area contributed by atoms with Gasteiger partial charge in [-0.3, -0.25) is 14.3 Å². The summed E-state index contributed by atoms with van der Waals surface area (Å²) >= 11 is 3.01. The van der Waals surface area contributed by atoms with Gasteiger partial charge >= 0.3 is 5.69 Å². The lowest BCUT2D eigenvalue weighted by Gasteiger charge is -2.17. The number of rotatable bonds is 3. The van der Waals surface area contributed by atoms with Crippen molar-refractivity contribution >= 4 is 22.0 Å². The summed E-state index contributed by atoms with van der Waals surface area (Å²) in [5, 5.41) is 28.5. The van der Waals surface area contributed by atoms with Crippen LogP contribution in [-0.2, 0) is 4.74 Å². The molecule has 20 heavy (non-hydrogen) atoms. The van der Waals surface area contributed by atoms with Crippen molar-refractivity contribution in [3.05, 3.63) is 37.6 Å². The van der Waals surface area contributed by atoms with Gasteiger partial charge in [-0.1, -0.05) is 15.9 Å². The van der Waals surface area contributed by atoms with Crippen molar-refractivity contribution in [1.82, 2.24) is 9.55 Å². The van der Waals surface area contributed by atoms with E-state index in [0.717, 1.165) is 4.57 Å². The number of aromatic amines is 1. The second kappa shape index (κ2) is 6.02. The molecule has 2 rings (SSSR count). The molecule has 0 bridgehead atoms. The highest BCUT2D eigenvalue weighted by molar-refractivity contribution is 9.11. The highest BCUT2D eigenvalue weighted by Crippen LogP contribution is 2.27. The molecule has 0 radical (unpaired) electrons. The Kier molecular flexibility index (Phi) is 4.55. The second-order valence-electron chi connectivity index (χ2n) is 4.27. The van der Waals surface area contributed by atoms with Crippen molar-refractivity contribution in [3.8, 4) is 0 Å². The van der Waals surface area contributed by atoms with Crippen LogP contribution in [0.5, 0.6) is 0 Å². The molecule has 4 atom stereocenters. The predicted molar refractivity (Wildman–Crippen MR) is 72.3 cm³/mol. The van der Waals surface area contributed by atoms with Crippen molar-refractivity contribution < 1.29 is 20.1 Å². The number of H-pyrrole nitrogens is 1. The van der Waals surface area contributed by atoms with Crippen LogP contribution in [0, 0.1) is 0 Å². The van der Waals surface area contributed by atoms with Crippen LogP contribution in [0.1, 0.15) is 11.8 Å². The van der Waals surface area contributed by atoms with Gasteiger partial charge in [0.1, 0.15) is 18.3 Å². The Bertz CT molecular complexity index is 624. The van der Waals surface area contributed by atoms with Gasteiger partial charge in [0.05, 0.1) is 12.2 Å². The molecule has 1 aliphatic heterocycles. The molecule has 1 fully saturated rings. The van der Waals surface area contributed by atoms with E-state index in [-0.39, 0.29) is 5.56 Å². The number of aromatic nitrogens is 2. The number of nitrogens with zero attached hydrogens (tertiary/aromatic N) is 1. The molecule has 9 heteroatoms. The SMILES string of the molecule is O=c1[nH]c(=O)n([C@@H]2O[C@H](CO)[C@H](O)[C@H]2O)cc1/C=C/Br. The molecule has 0 unspecified atom stereocenters. The number of nitrogens with one attached hydrogen (secondary N) is 1. The summed E-state index contributed by atoms with van der Waals surface area (Å²) in [5.41, 5.74) is -1.20. The van der Waals surface area contributed by atoms with Crippen molar-refractivity contribution in [3.63, 3.8) is 0 Å². The summed E-state index contributed by atoms with van der Waals surface area (Å²) < 4.78 is 6.20. The first-order chi connectivity index (χ1) is 9.49. The lowest BCUT2D eigenvalue weighted by atomic mass is 10.1. The molecule has 1 saturated heterocycles. The van der Waals surface area contributed by atoms with Crippen LogP contribution in [-0.4, -0.2) is 49.8 Å². The Labute approximate surface area is 121 Å². The fourth-order valence-electron chi connectivity index (χ4n) is 1.99. The Hall–Kier alpha value is -1.26. The Morgan fingerprint density at radius 3 is 2.65 bits per heavy atom. The van der Waals surface area contributed by atoms with E-state index in [1.165, 1.54) is 17.3 Å². The number of aliphatic hydroxyl groups is 3. The fraction of sp³-hybridized carbons (Fsp3) is 0.455. The lowest BCUT2D eigenvalue weighted by Crippen LogP contribution is -2.38. The van der Waals surface area contributed by atoms with Gasteiger partial charge in [0, 0.05) is 6.20 Å². The molecule has 1 aromatic heterocycles. The van der Waals surface area contributed by atoms with Gasteiger partial charge in [0.25, 0.3) is 5.56 Å². The zero-order valence-electron chi connectivity index (χ0n) is 10.1. The minimum Gasteiger partial charge on any atom is -0.394 e. The van der Waals surface area contributed by atoms with Gasteiger partial charge in [-0.15, -0.1) is 0 Å². The zero-order valence-corrected chi connectivity index (χ0v) is 11.7. The monoisotopic (exact) mass is 348 g/mol. The number of aliphatic hydroxyl groups excluding tert-OH is 3. The summed E-state index contributed by atoms with van der Waals surface area (Å²) in [7, 11) is 0. The molecule has 0 amide bonds. The number of hydrogen-bond donors (Lipinski definition) is 4. The molecule has 2 heterocycles. The van der Waals surface area contributed by atoms with Crippen LogP contribution in [0.15, 0.2) is 20.8 Å². The smallest absolute Gasteiger partial charge is 0.330 e. The maximum absolute atomic E-state index is 11.8. The van der Waals surface area contributed by atoms with E-state index >= 15 is 0 Å². The topological polar surface area (TPSA) is 125 Å². The van der Waals surface area contributed by atoms with Crippen molar-refractivity contribution in [2.75, 3.05) is 6.61 Å². The van der Waals surface area contributed by atoms with Crippen LogP contribution in [0.25, 0.3) is 6.08 Å². The minimum absolute atomic E-state index is 0.166. The minimum atomic E-state index is -1.39. The summed E-state index contributed by atoms with van der Waals surface area (Å²) in [6, 6.07) is 0. The van der Waals surface area contributed by atoms with Crippen LogP contribution >= 0.6 is 15.9 Å². The molecule has 4 N–H and O–H groups in total. The number of halogens is 1. The van der Waals surface area contributed by atoms with E-state index in [1.54, 1.807) is 0 Å². The second-order valence-corrected chi connectivity index (χ2v) is 4.80. The molecule has 0 aromatic carbocycles. The van der Waals surface area contributed by atoms with Gasteiger partial charge in [0.15, 0.2) is 6.23 Å². The normalized spacial score (nSPS) is 30.2. The molecule has 1 aromatic rings. The molecule has 8 nitrogen and oxygen atoms in total. The van der Waals surface area contributed by atoms with Gasteiger partial charge in [-0.25, -0.2) is 4.79 Å². The van der Waals surface area contributed by atoms with E-state index in [0.29, 0.717) is 0 Å². The van der Waals surface area contributed by atoms with E-state index < -0.39 is 42.4 Å². The maximum Gasteiger partial charge on any atom is 0.330 e. The quantitative estimate of drug-likeness (QED) is 0.527. The van der Waals surface area contributed by atoms with Gasteiger partial charge in [0.2, 0.25) is 0 Å². The van der Waals surface area contributed by atoms with Crippen LogP contribution in [0.3, 0.4) is 0 Å². The standard InChI is InChI=1S/C11H13BrN2O6/c12-2-1-5-3-14(11(19)13-9(5)18)10-8(17)7(16)6(4-15)20-10/h1-3,6-8,10,15-17H,4H2,(H,13,18,19)/b2-1+/t6-,7+,8-,10-/m1/s1. The molecule has 1 aliphatic rings. The van der Waals surface area contributed by atoms with Crippen molar-refractivity contribution in [2.45, 2.75) is 24.5 Å². The average molecular weight is 349 g/mol. The van der Waals surface area contributed by atoms with Crippen molar-refractivity contribution in [2.24, 2.45) is 0 Å². The van der Waals surface area contributed by atoms with Gasteiger partial charge in [-0.2, -0.15) is 0 Å². The van der Waals surface area contributed by atoms with E-state index in [1.807, 2.05) is 0 Å². The summed E-state index contributed by atoms with van der Waals surface area (Å²) in [5.74, 6) is 0. The molecule has 110 valence electrons. The lowest BCUT2D eigenvalue weighted by molar-refractivity contribution is -0.0550. The highest BCUT2D eigenvalue weighted by Gasteiger charge is 2.43. The number of ether oxygens (including phenoxy) is 1. The molecular formula is C11H13BrN2O6. The first kappa shape index (κ1) is 15.1. The highest BCUT2D eigenvalue weighted by atomic mass is 79.9. The largest absolute Gasteiger partial charge is 0.394 e. The third-order valence-corrected chi connectivity index (χ3v) is 3.29. The summed E-state index contributed by atoms with van der Waals surface area (Å²) in [6.45, 7) is -0.499. The first-order valence-electron chi connectivity index (χ1n) is 5.74. The third kappa shape index (κ3) is 2.63. The van der Waals surface area contributed by atoms with Crippen LogP contribution < -0.4 is 11.2 Å². The average Bonchev–Trinajstić information content (AvgIpc) is 2.70. The summed E-state index contributed by atoms with van der Waals surface area (Å²) in [4.78, 5) is 26.8. The third-order valence-electron chi connectivity index (χ3n) is 3.03. The Morgan fingerprint density at radius 1 is 1.40 bits per heavy atom. The predicted octanol–water partition coefficient (Wildman–Crippen LogP) is -1.49. The van der Waals surface area contributed by atoms with Crippen LogP contribution in [0.2, 0.25) is 0 Å². The van der Waals surface area contributed by atoms with E-state index in [2.05, 4.69) is 20.9 Å². The molecule has 0 saturated carbocycles. The fourth-order valence-corrected chi connectivity index (χ4v) is 2.27. The van der Waals surface area contributed by atoms with Gasteiger partial charge in [-0.05, 0) is 11.1 Å². The molecular weight excluding hydrogens is 336 g/mol. The van der Waals surface area contributed by atoms with E-state index in [4.69, 9.17) is 9.84 Å². The summed E-state index contributed by atoms with van der Waals surface area (Å²) in [6.07, 6.45) is -2.27. The van der Waals surface area contributed by atoms with Crippen LogP contribution in [0.4, 0.5) is 0 Å². The molecule has 0 aliphatic carbocycles. The Balaban J connectivity index is 2.46. The van der Waals surface area contributed by atoms with Crippen molar-refractivity contribution in [1.29, 1.82) is 0 Å². The Morgan fingerprint density at radius 2 is 2.10 bits per heavy atom. The van der Waals surface area contributed by atoms with Gasteiger partial charge < -0.3 is 20.1 Å².